The number of carbonyl (C=O) groups excluding carboxylic acids is 1. The number of methoxy groups -OCH3 is 2. The molecular formula is C23H24N2O3. The number of nitrogens with one attached hydrogen (secondary N) is 2. The van der Waals surface area contributed by atoms with Gasteiger partial charge in [0.2, 0.25) is 0 Å². The Morgan fingerprint density at radius 2 is 1.82 bits per heavy atom. The first kappa shape index (κ1) is 18.2. The summed E-state index contributed by atoms with van der Waals surface area (Å²) in [6.45, 7) is 4.89. The van der Waals surface area contributed by atoms with Gasteiger partial charge in [-0.3, -0.25) is 4.79 Å². The van der Waals surface area contributed by atoms with Crippen molar-refractivity contribution in [1.82, 2.24) is 10.3 Å². The lowest BCUT2D eigenvalue weighted by atomic mass is 9.95. The van der Waals surface area contributed by atoms with E-state index in [0.29, 0.717) is 17.1 Å². The summed E-state index contributed by atoms with van der Waals surface area (Å²) in [5, 5.41) is 4.44. The monoisotopic (exact) mass is 376 g/mol. The lowest BCUT2D eigenvalue weighted by Crippen LogP contribution is -2.23. The molecule has 1 aliphatic heterocycles. The average molecular weight is 376 g/mol. The molecule has 2 aromatic carbocycles. The first-order chi connectivity index (χ1) is 13.5. The van der Waals surface area contributed by atoms with Gasteiger partial charge in [-0.15, -0.1) is 0 Å². The van der Waals surface area contributed by atoms with E-state index < -0.39 is 0 Å². The summed E-state index contributed by atoms with van der Waals surface area (Å²) >= 11 is 0. The molecule has 5 nitrogen and oxygen atoms in total. The Balaban J connectivity index is 1.74. The van der Waals surface area contributed by atoms with Crippen molar-refractivity contribution < 1.29 is 14.3 Å². The van der Waals surface area contributed by atoms with Gasteiger partial charge in [-0.05, 0) is 61.7 Å². The topological polar surface area (TPSA) is 63.4 Å². The maximum Gasteiger partial charge on any atom is 0.187 e. The smallest absolute Gasteiger partial charge is 0.187 e. The maximum atomic E-state index is 13.0. The number of hydrogen-bond donors (Lipinski definition) is 2. The Kier molecular flexibility index (Phi) is 4.59. The second-order valence-electron chi connectivity index (χ2n) is 7.10. The summed E-state index contributed by atoms with van der Waals surface area (Å²) < 4.78 is 10.8. The molecule has 2 N–H and O–H groups in total. The van der Waals surface area contributed by atoms with E-state index in [1.807, 2.05) is 37.3 Å². The Bertz CT molecular complexity index is 1110. The van der Waals surface area contributed by atoms with Crippen LogP contribution in [0.5, 0.6) is 11.5 Å². The molecule has 0 saturated carbocycles. The standard InChI is InChI=1S/C23H24N2O3/c1-13-14(2)25-19-6-5-16(9-17(13)19)21(26)12-20-18-11-23(28-4)22(27-3)10-15(18)7-8-24-20/h5-6,9-12,24-25H,7-8H2,1-4H3. The van der Waals surface area contributed by atoms with Gasteiger partial charge in [0.05, 0.1) is 14.2 Å². The lowest BCUT2D eigenvalue weighted by molar-refractivity contribution is 0.104. The highest BCUT2D eigenvalue weighted by Gasteiger charge is 2.19. The molecule has 28 heavy (non-hydrogen) atoms. The molecule has 0 aliphatic carbocycles. The fourth-order valence-electron chi connectivity index (χ4n) is 3.76. The van der Waals surface area contributed by atoms with Gasteiger partial charge in [0.1, 0.15) is 0 Å². The molecule has 0 bridgehead atoms. The van der Waals surface area contributed by atoms with Crippen molar-refractivity contribution in [3.8, 4) is 11.5 Å². The zero-order valence-corrected chi connectivity index (χ0v) is 16.6. The second-order valence-corrected chi connectivity index (χ2v) is 7.10. The van der Waals surface area contributed by atoms with E-state index in [0.717, 1.165) is 46.4 Å². The molecule has 0 fully saturated rings. The molecule has 0 unspecified atom stereocenters. The van der Waals surface area contributed by atoms with Gasteiger partial charge in [-0.1, -0.05) is 0 Å². The number of H-pyrrole nitrogens is 1. The van der Waals surface area contributed by atoms with Crippen LogP contribution in [0.3, 0.4) is 0 Å². The number of allylic oxidation sites excluding steroid dienone is 1. The van der Waals surface area contributed by atoms with Gasteiger partial charge in [0.15, 0.2) is 17.3 Å². The predicted molar refractivity (Wildman–Crippen MR) is 111 cm³/mol. The zero-order valence-electron chi connectivity index (χ0n) is 16.6. The van der Waals surface area contributed by atoms with Crippen molar-refractivity contribution in [3.63, 3.8) is 0 Å². The first-order valence-electron chi connectivity index (χ1n) is 9.36. The van der Waals surface area contributed by atoms with E-state index in [1.165, 1.54) is 5.56 Å². The molecule has 0 radical (unpaired) electrons. The molecule has 144 valence electrons. The van der Waals surface area contributed by atoms with Gasteiger partial charge in [-0.2, -0.15) is 0 Å². The Morgan fingerprint density at radius 3 is 2.57 bits per heavy atom. The Hall–Kier alpha value is -3.21. The van der Waals surface area contributed by atoms with Gasteiger partial charge < -0.3 is 19.8 Å². The minimum Gasteiger partial charge on any atom is -0.493 e. The molecule has 0 atom stereocenters. The van der Waals surface area contributed by atoms with Crippen LogP contribution in [0.2, 0.25) is 0 Å². The van der Waals surface area contributed by atoms with Crippen LogP contribution >= 0.6 is 0 Å². The van der Waals surface area contributed by atoms with Crippen LogP contribution < -0.4 is 14.8 Å². The van der Waals surface area contributed by atoms with Gasteiger partial charge >= 0.3 is 0 Å². The Morgan fingerprint density at radius 1 is 1.07 bits per heavy atom. The number of fused-ring (bicyclic) bond motifs is 2. The normalized spacial score (nSPS) is 14.6. The summed E-state index contributed by atoms with van der Waals surface area (Å²) in [6, 6.07) is 9.73. The van der Waals surface area contributed by atoms with Gasteiger partial charge in [0.25, 0.3) is 0 Å². The number of aromatic amines is 1. The lowest BCUT2D eigenvalue weighted by Gasteiger charge is -2.23. The van der Waals surface area contributed by atoms with Crippen molar-refractivity contribution in [2.75, 3.05) is 20.8 Å². The van der Waals surface area contributed by atoms with Crippen LogP contribution in [0.1, 0.15) is 32.7 Å². The minimum absolute atomic E-state index is 0.0229. The predicted octanol–water partition coefficient (Wildman–Crippen LogP) is 4.17. The van der Waals surface area contributed by atoms with Crippen LogP contribution in [0.15, 0.2) is 36.4 Å². The third-order valence-corrected chi connectivity index (χ3v) is 5.48. The van der Waals surface area contributed by atoms with Crippen LogP contribution in [-0.2, 0) is 6.42 Å². The molecule has 5 heteroatoms. The number of aromatic nitrogens is 1. The highest BCUT2D eigenvalue weighted by Crippen LogP contribution is 2.35. The van der Waals surface area contributed by atoms with Crippen molar-refractivity contribution in [3.05, 3.63) is 64.4 Å². The summed E-state index contributed by atoms with van der Waals surface area (Å²) in [5.74, 6) is 1.34. The molecule has 2 heterocycles. The molecular weight excluding hydrogens is 352 g/mol. The number of aryl methyl sites for hydroxylation is 2. The summed E-state index contributed by atoms with van der Waals surface area (Å²) in [6.07, 6.45) is 2.55. The highest BCUT2D eigenvalue weighted by molar-refractivity contribution is 6.10. The van der Waals surface area contributed by atoms with Crippen molar-refractivity contribution in [2.24, 2.45) is 0 Å². The molecule has 3 aromatic rings. The molecule has 0 saturated heterocycles. The minimum atomic E-state index is -0.0229. The fraction of sp³-hybridized carbons (Fsp3) is 0.261. The van der Waals surface area contributed by atoms with E-state index in [1.54, 1.807) is 20.3 Å². The summed E-state index contributed by atoms with van der Waals surface area (Å²) in [4.78, 5) is 16.3. The van der Waals surface area contributed by atoms with Gasteiger partial charge in [0, 0.05) is 46.0 Å². The fourth-order valence-corrected chi connectivity index (χ4v) is 3.76. The molecule has 4 rings (SSSR count). The van der Waals surface area contributed by atoms with E-state index >= 15 is 0 Å². The van der Waals surface area contributed by atoms with E-state index in [9.17, 15) is 4.79 Å². The van der Waals surface area contributed by atoms with Crippen LogP contribution in [0, 0.1) is 13.8 Å². The summed E-state index contributed by atoms with van der Waals surface area (Å²) in [7, 11) is 3.25. The second kappa shape index (κ2) is 7.08. The molecule has 0 spiro atoms. The molecule has 0 amide bonds. The van der Waals surface area contributed by atoms with Crippen LogP contribution in [0.25, 0.3) is 16.6 Å². The summed E-state index contributed by atoms with van der Waals surface area (Å²) in [5.41, 5.74) is 6.97. The van der Waals surface area contributed by atoms with E-state index in [-0.39, 0.29) is 5.78 Å². The van der Waals surface area contributed by atoms with Crippen molar-refractivity contribution >= 4 is 22.4 Å². The maximum absolute atomic E-state index is 13.0. The number of rotatable bonds is 4. The molecule has 1 aromatic heterocycles. The Labute approximate surface area is 164 Å². The van der Waals surface area contributed by atoms with Gasteiger partial charge in [-0.25, -0.2) is 0 Å². The third-order valence-electron chi connectivity index (χ3n) is 5.48. The van der Waals surface area contributed by atoms with Crippen LogP contribution in [0.4, 0.5) is 0 Å². The van der Waals surface area contributed by atoms with E-state index in [2.05, 4.69) is 17.2 Å². The number of hydrogen-bond acceptors (Lipinski definition) is 4. The largest absolute Gasteiger partial charge is 0.493 e. The highest BCUT2D eigenvalue weighted by atomic mass is 16.5. The number of ketones is 1. The SMILES string of the molecule is COc1cc2c(cc1OC)C(=CC(=O)c1ccc3[nH]c(C)c(C)c3c1)NCC2. The van der Waals surface area contributed by atoms with Crippen molar-refractivity contribution in [1.29, 1.82) is 0 Å². The first-order valence-corrected chi connectivity index (χ1v) is 9.36. The number of ether oxygens (including phenoxy) is 2. The number of benzene rings is 2. The van der Waals surface area contributed by atoms with Crippen molar-refractivity contribution in [2.45, 2.75) is 20.3 Å². The van der Waals surface area contributed by atoms with E-state index in [4.69, 9.17) is 9.47 Å². The third kappa shape index (κ3) is 3.03. The average Bonchev–Trinajstić information content (AvgIpc) is 3.00. The molecule has 1 aliphatic rings. The van der Waals surface area contributed by atoms with Crippen LogP contribution in [-0.4, -0.2) is 31.5 Å². The zero-order chi connectivity index (χ0) is 19.8. The number of carbonyl (C=O) groups is 1. The quantitative estimate of drug-likeness (QED) is 0.530.